The second-order valence-electron chi connectivity index (χ2n) is 20.6. The van der Waals surface area contributed by atoms with E-state index < -0.39 is 26.5 Å². The van der Waals surface area contributed by atoms with Crippen LogP contribution in [-0.4, -0.2) is 74.9 Å². The molecular weight excluding hydrogens is 966 g/mol. The van der Waals surface area contributed by atoms with Gasteiger partial charge in [0, 0.05) is 12.8 Å². The summed E-state index contributed by atoms with van der Waals surface area (Å²) < 4.78 is 34.5. The molecular formula is C66H111NO8P+. The van der Waals surface area contributed by atoms with Crippen molar-refractivity contribution in [3.63, 3.8) is 0 Å². The first-order valence-electron chi connectivity index (χ1n) is 29.9. The van der Waals surface area contributed by atoms with Crippen molar-refractivity contribution in [3.8, 4) is 0 Å². The van der Waals surface area contributed by atoms with Crippen LogP contribution in [0.25, 0.3) is 0 Å². The predicted octanol–water partition coefficient (Wildman–Crippen LogP) is 18.9. The molecule has 0 aromatic carbocycles. The van der Waals surface area contributed by atoms with Crippen LogP contribution in [0, 0.1) is 0 Å². The molecule has 2 atom stereocenters. The summed E-state index contributed by atoms with van der Waals surface area (Å²) in [5.41, 5.74) is 0. The number of carbonyl (C=O) groups is 2. The Hall–Kier alpha value is -3.85. The van der Waals surface area contributed by atoms with E-state index in [4.69, 9.17) is 18.5 Å². The minimum absolute atomic E-state index is 0.0221. The quantitative estimate of drug-likeness (QED) is 0.0211. The Kier molecular flexibility index (Phi) is 53.1. The number of allylic oxidation sites excluding steroid dienone is 22. The Morgan fingerprint density at radius 3 is 1.05 bits per heavy atom. The van der Waals surface area contributed by atoms with Crippen LogP contribution in [0.15, 0.2) is 134 Å². The third-order valence-electron chi connectivity index (χ3n) is 12.2. The minimum atomic E-state index is -4.40. The molecule has 0 aliphatic carbocycles. The number of phosphoric ester groups is 1. The normalized spacial score (nSPS) is 14.2. The van der Waals surface area contributed by atoms with E-state index in [2.05, 4.69) is 148 Å². The summed E-state index contributed by atoms with van der Waals surface area (Å²) in [7, 11) is 1.45. The van der Waals surface area contributed by atoms with Crippen LogP contribution >= 0.6 is 7.82 Å². The van der Waals surface area contributed by atoms with Gasteiger partial charge in [-0.2, -0.15) is 0 Å². The Morgan fingerprint density at radius 2 is 0.711 bits per heavy atom. The molecule has 0 rings (SSSR count). The molecule has 2 unspecified atom stereocenters. The van der Waals surface area contributed by atoms with Gasteiger partial charge in [0.25, 0.3) is 0 Å². The highest BCUT2D eigenvalue weighted by atomic mass is 31.2. The molecule has 0 radical (unpaired) electrons. The van der Waals surface area contributed by atoms with E-state index >= 15 is 0 Å². The van der Waals surface area contributed by atoms with Gasteiger partial charge in [0.1, 0.15) is 19.8 Å². The maximum absolute atomic E-state index is 12.8. The van der Waals surface area contributed by atoms with Crippen LogP contribution in [-0.2, 0) is 32.7 Å². The zero-order valence-corrected chi connectivity index (χ0v) is 49.8. The first-order valence-corrected chi connectivity index (χ1v) is 31.4. The third kappa shape index (κ3) is 59.4. The number of likely N-dealkylation sites (N-methyl/N-ethyl adjacent to an activating group) is 1. The van der Waals surface area contributed by atoms with Gasteiger partial charge in [-0.05, 0) is 109 Å². The van der Waals surface area contributed by atoms with Crippen molar-refractivity contribution >= 4 is 19.8 Å². The van der Waals surface area contributed by atoms with Gasteiger partial charge in [-0.1, -0.05) is 231 Å². The van der Waals surface area contributed by atoms with Crippen molar-refractivity contribution in [2.24, 2.45) is 0 Å². The van der Waals surface area contributed by atoms with Gasteiger partial charge in [-0.3, -0.25) is 18.6 Å². The summed E-state index contributed by atoms with van der Waals surface area (Å²) in [5.74, 6) is -0.827. The van der Waals surface area contributed by atoms with Crippen molar-refractivity contribution < 1.29 is 42.1 Å². The Balaban J connectivity index is 4.10. The van der Waals surface area contributed by atoms with Crippen LogP contribution in [0.4, 0.5) is 0 Å². The predicted molar refractivity (Wildman–Crippen MR) is 325 cm³/mol. The minimum Gasteiger partial charge on any atom is -0.462 e. The highest BCUT2D eigenvalue weighted by Crippen LogP contribution is 2.43. The SMILES string of the molecule is CC/C=C\C/C=C\C/C=C\C/C=C\C/C=C\C/C=C\C/C=C\C/C=C\CCCCCCCCCCCCCCC(=O)OC(COC(=O)CCCCCCC/C=C\C/C=C\C/C=C\CC)COP(=O)(O)OCC[N+](C)(C)C. The van der Waals surface area contributed by atoms with E-state index in [0.29, 0.717) is 23.9 Å². The van der Waals surface area contributed by atoms with Crippen molar-refractivity contribution in [1.29, 1.82) is 0 Å². The third-order valence-corrected chi connectivity index (χ3v) is 13.2. The van der Waals surface area contributed by atoms with Crippen LogP contribution < -0.4 is 0 Å². The van der Waals surface area contributed by atoms with Crippen LogP contribution in [0.1, 0.15) is 219 Å². The lowest BCUT2D eigenvalue weighted by molar-refractivity contribution is -0.870. The number of quaternary nitrogens is 1. The Bertz CT molecular complexity index is 1740. The number of hydrogen-bond acceptors (Lipinski definition) is 7. The van der Waals surface area contributed by atoms with Crippen molar-refractivity contribution in [2.75, 3.05) is 47.5 Å². The molecule has 432 valence electrons. The Morgan fingerprint density at radius 1 is 0.408 bits per heavy atom. The summed E-state index contributed by atoms with van der Waals surface area (Å²) in [4.78, 5) is 35.6. The molecule has 0 saturated heterocycles. The maximum atomic E-state index is 12.8. The van der Waals surface area contributed by atoms with E-state index in [1.54, 1.807) is 0 Å². The summed E-state index contributed by atoms with van der Waals surface area (Å²) in [6.45, 7) is 4.17. The first-order chi connectivity index (χ1) is 37.0. The van der Waals surface area contributed by atoms with Gasteiger partial charge in [0.15, 0.2) is 6.10 Å². The molecule has 0 amide bonds. The van der Waals surface area contributed by atoms with Crippen LogP contribution in [0.3, 0.4) is 0 Å². The van der Waals surface area contributed by atoms with Gasteiger partial charge in [-0.25, -0.2) is 4.57 Å². The molecule has 76 heavy (non-hydrogen) atoms. The molecule has 10 heteroatoms. The molecule has 0 heterocycles. The van der Waals surface area contributed by atoms with Gasteiger partial charge < -0.3 is 18.9 Å². The van der Waals surface area contributed by atoms with Gasteiger partial charge in [0.05, 0.1) is 27.7 Å². The molecule has 0 aliphatic heterocycles. The summed E-state index contributed by atoms with van der Waals surface area (Å²) in [6.07, 6.45) is 81.0. The summed E-state index contributed by atoms with van der Waals surface area (Å²) in [6, 6.07) is 0. The number of rotatable bonds is 53. The fourth-order valence-electron chi connectivity index (χ4n) is 7.63. The highest BCUT2D eigenvalue weighted by molar-refractivity contribution is 7.47. The maximum Gasteiger partial charge on any atom is 0.472 e. The molecule has 0 fully saturated rings. The van der Waals surface area contributed by atoms with E-state index in [9.17, 15) is 19.0 Å². The molecule has 0 bridgehead atoms. The van der Waals surface area contributed by atoms with Crippen molar-refractivity contribution in [2.45, 2.75) is 225 Å². The molecule has 0 aromatic heterocycles. The lowest BCUT2D eigenvalue weighted by Crippen LogP contribution is -2.37. The van der Waals surface area contributed by atoms with Crippen molar-refractivity contribution in [3.05, 3.63) is 134 Å². The lowest BCUT2D eigenvalue weighted by Gasteiger charge is -2.24. The number of hydrogen-bond donors (Lipinski definition) is 1. The molecule has 9 nitrogen and oxygen atoms in total. The molecule has 0 aliphatic rings. The van der Waals surface area contributed by atoms with Gasteiger partial charge in [0.2, 0.25) is 0 Å². The number of esters is 2. The van der Waals surface area contributed by atoms with E-state index in [0.717, 1.165) is 122 Å². The topological polar surface area (TPSA) is 108 Å². The van der Waals surface area contributed by atoms with Crippen molar-refractivity contribution in [1.82, 2.24) is 0 Å². The largest absolute Gasteiger partial charge is 0.472 e. The second-order valence-corrected chi connectivity index (χ2v) is 22.1. The van der Waals surface area contributed by atoms with Gasteiger partial charge in [-0.15, -0.1) is 0 Å². The smallest absolute Gasteiger partial charge is 0.462 e. The van der Waals surface area contributed by atoms with E-state index in [1.165, 1.54) is 57.8 Å². The highest BCUT2D eigenvalue weighted by Gasteiger charge is 2.27. The number of ether oxygens (including phenoxy) is 2. The average Bonchev–Trinajstić information content (AvgIpc) is 3.38. The number of phosphoric acid groups is 1. The summed E-state index contributed by atoms with van der Waals surface area (Å²) >= 11 is 0. The average molecular weight is 1080 g/mol. The lowest BCUT2D eigenvalue weighted by atomic mass is 10.0. The summed E-state index contributed by atoms with van der Waals surface area (Å²) in [5, 5.41) is 0. The molecule has 0 aromatic rings. The molecule has 1 N–H and O–H groups in total. The fourth-order valence-corrected chi connectivity index (χ4v) is 8.37. The van der Waals surface area contributed by atoms with E-state index in [-0.39, 0.29) is 32.0 Å². The standard InChI is InChI=1S/C66H110NO8P/c1-6-8-10-12-14-16-18-20-22-23-24-25-26-27-28-29-30-31-32-33-34-35-36-37-38-39-40-41-42-43-45-47-49-51-53-55-57-59-66(69)75-64(63-74-76(70,71)73-61-60-67(3,4)5)62-72-65(68)58-56-54-52-50-48-46-44-21-19-17-15-13-11-9-7-2/h8-11,14-17,20-22,24-25,27-28,30-31,33-34,36-37,44,64H,6-7,12-13,18-19,23,26,29,32,35,38-43,45-63H2,1-5H3/p+1/b10-8-,11-9-,16-14-,17-15-,22-20-,25-24-,28-27-,31-30-,34-33-,37-36-,44-21-. The van der Waals surface area contributed by atoms with E-state index in [1.807, 2.05) is 21.1 Å². The number of unbranched alkanes of at least 4 members (excludes halogenated alkanes) is 17. The van der Waals surface area contributed by atoms with Crippen LogP contribution in [0.2, 0.25) is 0 Å². The number of nitrogens with zero attached hydrogens (tertiary/aromatic N) is 1. The Labute approximate surface area is 466 Å². The second kappa shape index (κ2) is 55.9. The number of carbonyl (C=O) groups excluding carboxylic acids is 2. The van der Waals surface area contributed by atoms with Crippen LogP contribution in [0.5, 0.6) is 0 Å². The molecule has 0 saturated carbocycles. The zero-order valence-electron chi connectivity index (χ0n) is 48.9. The molecule has 0 spiro atoms. The monoisotopic (exact) mass is 1080 g/mol. The van der Waals surface area contributed by atoms with Gasteiger partial charge >= 0.3 is 19.8 Å². The zero-order chi connectivity index (χ0) is 55.6. The first kappa shape index (κ1) is 72.2. The fraction of sp³-hybridized carbons (Fsp3) is 0.636.